The first-order chi connectivity index (χ1) is 8.54. The van der Waals surface area contributed by atoms with Crippen LogP contribution < -0.4 is 0 Å². The molecule has 0 rings (SSSR count). The molecule has 0 aromatic heterocycles. The van der Waals surface area contributed by atoms with E-state index in [4.69, 9.17) is 9.47 Å². The van der Waals surface area contributed by atoms with E-state index in [2.05, 4.69) is 31.9 Å². The van der Waals surface area contributed by atoms with Gasteiger partial charge >= 0.3 is 11.9 Å². The van der Waals surface area contributed by atoms with Gasteiger partial charge in [-0.15, -0.1) is 0 Å². The van der Waals surface area contributed by atoms with Gasteiger partial charge < -0.3 is 9.47 Å². The van der Waals surface area contributed by atoms with Gasteiger partial charge in [-0.1, -0.05) is 58.5 Å². The van der Waals surface area contributed by atoms with Crippen molar-refractivity contribution in [3.05, 3.63) is 0 Å². The summed E-state index contributed by atoms with van der Waals surface area (Å²) in [6.07, 6.45) is 3.55. The van der Waals surface area contributed by atoms with Crippen LogP contribution >= 0.6 is 31.9 Å². The summed E-state index contributed by atoms with van der Waals surface area (Å²) in [7, 11) is 0. The third-order valence-corrected chi connectivity index (χ3v) is 4.71. The minimum Gasteiger partial charge on any atom is -0.465 e. The van der Waals surface area contributed by atoms with E-state index in [9.17, 15) is 9.59 Å². The van der Waals surface area contributed by atoms with Crippen molar-refractivity contribution in [2.45, 2.75) is 49.2 Å². The summed E-state index contributed by atoms with van der Waals surface area (Å²) in [5, 5.41) is 0. The van der Waals surface area contributed by atoms with Gasteiger partial charge in [0.05, 0.1) is 13.2 Å². The van der Waals surface area contributed by atoms with E-state index >= 15 is 0 Å². The number of esters is 2. The van der Waals surface area contributed by atoms with Crippen molar-refractivity contribution in [3.8, 4) is 0 Å². The van der Waals surface area contributed by atoms with Crippen LogP contribution in [0.25, 0.3) is 0 Å². The molecule has 2 atom stereocenters. The predicted molar refractivity (Wildman–Crippen MR) is 77.2 cm³/mol. The molecule has 0 saturated heterocycles. The molecule has 0 aromatic rings. The van der Waals surface area contributed by atoms with Crippen molar-refractivity contribution in [2.75, 3.05) is 13.2 Å². The lowest BCUT2D eigenvalue weighted by Crippen LogP contribution is -2.33. The van der Waals surface area contributed by atoms with Gasteiger partial charge in [-0.25, -0.2) is 0 Å². The van der Waals surface area contributed by atoms with Crippen LogP contribution in [-0.2, 0) is 19.1 Å². The summed E-state index contributed by atoms with van der Waals surface area (Å²) in [5.41, 5.74) is 0. The first-order valence-electron chi connectivity index (χ1n) is 6.16. The summed E-state index contributed by atoms with van der Waals surface area (Å²) in [4.78, 5) is 21.7. The summed E-state index contributed by atoms with van der Waals surface area (Å²) >= 11 is 6.30. The maximum absolute atomic E-state index is 11.6. The van der Waals surface area contributed by atoms with Gasteiger partial charge in [-0.05, 0) is 12.8 Å². The van der Waals surface area contributed by atoms with Crippen molar-refractivity contribution >= 4 is 43.8 Å². The summed E-state index contributed by atoms with van der Waals surface area (Å²) < 4.78 is 10.0. The number of rotatable bonds is 9. The number of unbranched alkanes of at least 4 members (excludes halogenated alkanes) is 2. The number of ether oxygens (including phenoxy) is 2. The molecule has 0 fully saturated rings. The monoisotopic (exact) mass is 386 g/mol. The summed E-state index contributed by atoms with van der Waals surface area (Å²) in [5.74, 6) is -0.893. The number of hydrogen-bond acceptors (Lipinski definition) is 4. The summed E-state index contributed by atoms with van der Waals surface area (Å²) in [6, 6.07) is 0. The fourth-order valence-corrected chi connectivity index (χ4v) is 1.73. The Morgan fingerprint density at radius 2 is 1.22 bits per heavy atom. The SMILES string of the molecule is CCCCOC(=O)C(Br)C(Br)C(=O)OCCCC. The van der Waals surface area contributed by atoms with Crippen LogP contribution in [0.1, 0.15) is 39.5 Å². The second kappa shape index (κ2) is 10.8. The van der Waals surface area contributed by atoms with Crippen LogP contribution in [-0.4, -0.2) is 34.8 Å². The normalized spacial score (nSPS) is 13.8. The van der Waals surface area contributed by atoms with E-state index in [0.29, 0.717) is 13.2 Å². The van der Waals surface area contributed by atoms with Crippen LogP contribution in [0.2, 0.25) is 0 Å². The second-order valence-electron chi connectivity index (χ2n) is 3.85. The Morgan fingerprint density at radius 3 is 1.50 bits per heavy atom. The largest absolute Gasteiger partial charge is 0.465 e. The van der Waals surface area contributed by atoms with Crippen molar-refractivity contribution in [1.82, 2.24) is 0 Å². The number of hydrogen-bond donors (Lipinski definition) is 0. The first kappa shape index (κ1) is 17.9. The fraction of sp³-hybridized carbons (Fsp3) is 0.833. The van der Waals surface area contributed by atoms with Crippen LogP contribution in [0.5, 0.6) is 0 Å². The molecule has 0 N–H and O–H groups in total. The highest BCUT2D eigenvalue weighted by Gasteiger charge is 2.31. The van der Waals surface area contributed by atoms with E-state index < -0.39 is 21.6 Å². The Kier molecular flexibility index (Phi) is 10.7. The molecule has 0 aromatic carbocycles. The lowest BCUT2D eigenvalue weighted by molar-refractivity contribution is -0.148. The molecule has 6 heteroatoms. The van der Waals surface area contributed by atoms with Crippen molar-refractivity contribution in [2.24, 2.45) is 0 Å². The highest BCUT2D eigenvalue weighted by molar-refractivity contribution is 9.12. The van der Waals surface area contributed by atoms with E-state index in [1.165, 1.54) is 0 Å². The van der Waals surface area contributed by atoms with Gasteiger partial charge in [-0.3, -0.25) is 9.59 Å². The molecule has 0 radical (unpaired) electrons. The molecule has 0 spiro atoms. The average molecular weight is 388 g/mol. The molecule has 0 bridgehead atoms. The molecule has 4 nitrogen and oxygen atoms in total. The van der Waals surface area contributed by atoms with Crippen LogP contribution in [0.15, 0.2) is 0 Å². The molecule has 0 saturated carbocycles. The van der Waals surface area contributed by atoms with Gasteiger partial charge in [-0.2, -0.15) is 0 Å². The van der Waals surface area contributed by atoms with Crippen LogP contribution in [0.4, 0.5) is 0 Å². The van der Waals surface area contributed by atoms with Crippen LogP contribution in [0.3, 0.4) is 0 Å². The van der Waals surface area contributed by atoms with E-state index in [0.717, 1.165) is 25.7 Å². The molecular weight excluding hydrogens is 368 g/mol. The topological polar surface area (TPSA) is 52.6 Å². The molecule has 0 aliphatic carbocycles. The zero-order chi connectivity index (χ0) is 14.0. The Hall–Kier alpha value is -0.100. The molecule has 0 aliphatic heterocycles. The Labute approximate surface area is 125 Å². The molecular formula is C12H20Br2O4. The molecule has 0 aliphatic rings. The zero-order valence-corrected chi connectivity index (χ0v) is 14.0. The summed E-state index contributed by atoms with van der Waals surface area (Å²) in [6.45, 7) is 4.78. The number of alkyl halides is 2. The standard InChI is InChI=1S/C12H20Br2O4/c1-3-5-7-17-11(15)9(13)10(14)12(16)18-8-6-4-2/h9-10H,3-8H2,1-2H3. The lowest BCUT2D eigenvalue weighted by Gasteiger charge is -2.15. The third kappa shape index (κ3) is 7.36. The van der Waals surface area contributed by atoms with Crippen molar-refractivity contribution in [3.63, 3.8) is 0 Å². The van der Waals surface area contributed by atoms with E-state index in [1.54, 1.807) is 0 Å². The van der Waals surface area contributed by atoms with Gasteiger partial charge in [0.1, 0.15) is 9.65 Å². The Balaban J connectivity index is 4.02. The quantitative estimate of drug-likeness (QED) is 0.346. The molecule has 0 heterocycles. The highest BCUT2D eigenvalue weighted by Crippen LogP contribution is 2.18. The van der Waals surface area contributed by atoms with E-state index in [-0.39, 0.29) is 0 Å². The zero-order valence-electron chi connectivity index (χ0n) is 10.8. The maximum atomic E-state index is 11.6. The van der Waals surface area contributed by atoms with E-state index in [1.807, 2.05) is 13.8 Å². The number of carbonyl (C=O) groups is 2. The predicted octanol–water partition coefficient (Wildman–Crippen LogP) is 3.20. The molecule has 106 valence electrons. The fourth-order valence-electron chi connectivity index (χ4n) is 1.03. The molecule has 2 unspecified atom stereocenters. The maximum Gasteiger partial charge on any atom is 0.321 e. The van der Waals surface area contributed by atoms with Gasteiger partial charge in [0.2, 0.25) is 0 Å². The lowest BCUT2D eigenvalue weighted by atomic mass is 10.3. The minimum atomic E-state index is -0.719. The van der Waals surface area contributed by atoms with Crippen molar-refractivity contribution < 1.29 is 19.1 Å². The van der Waals surface area contributed by atoms with Gasteiger partial charge in [0.25, 0.3) is 0 Å². The average Bonchev–Trinajstić information content (AvgIpc) is 2.37. The van der Waals surface area contributed by atoms with Gasteiger partial charge in [0.15, 0.2) is 0 Å². The van der Waals surface area contributed by atoms with Crippen LogP contribution in [0, 0.1) is 0 Å². The number of halogens is 2. The Bertz CT molecular complexity index is 232. The second-order valence-corrected chi connectivity index (χ2v) is 5.82. The highest BCUT2D eigenvalue weighted by atomic mass is 79.9. The Morgan fingerprint density at radius 1 is 0.889 bits per heavy atom. The van der Waals surface area contributed by atoms with Crippen molar-refractivity contribution in [1.29, 1.82) is 0 Å². The first-order valence-corrected chi connectivity index (χ1v) is 7.99. The minimum absolute atomic E-state index is 0.377. The third-order valence-electron chi connectivity index (χ3n) is 2.19. The van der Waals surface area contributed by atoms with Gasteiger partial charge in [0, 0.05) is 0 Å². The molecule has 0 amide bonds. The smallest absolute Gasteiger partial charge is 0.321 e. The molecule has 18 heavy (non-hydrogen) atoms. The number of carbonyl (C=O) groups excluding carboxylic acids is 2.